The van der Waals surface area contributed by atoms with Crippen molar-refractivity contribution in [1.29, 1.82) is 0 Å². The van der Waals surface area contributed by atoms with E-state index in [1.807, 2.05) is 12.1 Å². The molecule has 5 heteroatoms. The van der Waals surface area contributed by atoms with Gasteiger partial charge >= 0.3 is 0 Å². The van der Waals surface area contributed by atoms with Gasteiger partial charge in [0.15, 0.2) is 5.78 Å². The van der Waals surface area contributed by atoms with Crippen LogP contribution in [0.3, 0.4) is 0 Å². The minimum atomic E-state index is 0.120. The van der Waals surface area contributed by atoms with Crippen LogP contribution in [-0.4, -0.2) is 41.8 Å². The molecule has 0 spiro atoms. The van der Waals surface area contributed by atoms with Crippen molar-refractivity contribution in [3.8, 4) is 0 Å². The Labute approximate surface area is 154 Å². The van der Waals surface area contributed by atoms with Crippen LogP contribution >= 0.6 is 11.3 Å². The highest BCUT2D eigenvalue weighted by molar-refractivity contribution is 7.09. The van der Waals surface area contributed by atoms with Crippen LogP contribution in [0.1, 0.15) is 48.8 Å². The Morgan fingerprint density at radius 1 is 1.12 bits per heavy atom. The first-order valence-electron chi connectivity index (χ1n) is 8.86. The van der Waals surface area contributed by atoms with E-state index in [1.165, 1.54) is 16.4 Å². The van der Waals surface area contributed by atoms with Crippen molar-refractivity contribution >= 4 is 22.8 Å². The second-order valence-electron chi connectivity index (χ2n) is 7.76. The number of nitrogens with zero attached hydrogens (tertiary/aromatic N) is 3. The van der Waals surface area contributed by atoms with Crippen LogP contribution in [0.4, 0.5) is 5.69 Å². The van der Waals surface area contributed by atoms with E-state index in [1.54, 1.807) is 18.3 Å². The predicted molar refractivity (Wildman–Crippen MR) is 105 cm³/mol. The number of ketones is 1. The summed E-state index contributed by atoms with van der Waals surface area (Å²) in [7, 11) is 0. The van der Waals surface area contributed by atoms with Gasteiger partial charge in [-0.15, -0.1) is 11.3 Å². The number of piperazine rings is 1. The molecule has 0 unspecified atom stereocenters. The molecule has 0 radical (unpaired) electrons. The Kier molecular flexibility index (Phi) is 5.25. The molecule has 1 aliphatic rings. The lowest BCUT2D eigenvalue weighted by molar-refractivity contribution is 0.101. The first kappa shape index (κ1) is 18.1. The lowest BCUT2D eigenvalue weighted by Crippen LogP contribution is -2.46. The molecule has 2 heterocycles. The van der Waals surface area contributed by atoms with Gasteiger partial charge in [0.25, 0.3) is 0 Å². The zero-order valence-electron chi connectivity index (χ0n) is 15.6. The van der Waals surface area contributed by atoms with Crippen molar-refractivity contribution in [2.24, 2.45) is 0 Å². The van der Waals surface area contributed by atoms with Gasteiger partial charge in [-0.1, -0.05) is 20.8 Å². The van der Waals surface area contributed by atoms with Crippen LogP contribution in [0, 0.1) is 0 Å². The van der Waals surface area contributed by atoms with Crippen molar-refractivity contribution in [3.05, 3.63) is 45.9 Å². The van der Waals surface area contributed by atoms with Gasteiger partial charge < -0.3 is 4.90 Å². The largest absolute Gasteiger partial charge is 0.369 e. The summed E-state index contributed by atoms with van der Waals surface area (Å²) in [5, 5.41) is 3.42. The van der Waals surface area contributed by atoms with Crippen molar-refractivity contribution in [2.45, 2.75) is 39.7 Å². The number of thiazole rings is 1. The molecule has 1 aromatic heterocycles. The van der Waals surface area contributed by atoms with Crippen LogP contribution in [0.2, 0.25) is 0 Å². The topological polar surface area (TPSA) is 36.4 Å². The number of hydrogen-bond donors (Lipinski definition) is 0. The first-order valence-corrected chi connectivity index (χ1v) is 9.74. The van der Waals surface area contributed by atoms with Gasteiger partial charge in [0.2, 0.25) is 0 Å². The van der Waals surface area contributed by atoms with Crippen LogP contribution < -0.4 is 4.90 Å². The van der Waals surface area contributed by atoms with Crippen LogP contribution in [-0.2, 0) is 12.0 Å². The van der Waals surface area contributed by atoms with Gasteiger partial charge in [0.1, 0.15) is 0 Å². The minimum Gasteiger partial charge on any atom is -0.369 e. The molecule has 1 saturated heterocycles. The van der Waals surface area contributed by atoms with E-state index in [-0.39, 0.29) is 11.2 Å². The smallest absolute Gasteiger partial charge is 0.159 e. The zero-order chi connectivity index (χ0) is 18.0. The SMILES string of the molecule is CC(=O)c1ccc(N2CCN(Cc3csc(C(C)(C)C)n3)CC2)cc1. The van der Waals surface area contributed by atoms with E-state index in [0.717, 1.165) is 38.3 Å². The summed E-state index contributed by atoms with van der Waals surface area (Å²) in [6, 6.07) is 7.96. The molecule has 0 aliphatic carbocycles. The quantitative estimate of drug-likeness (QED) is 0.776. The monoisotopic (exact) mass is 357 g/mol. The molecule has 2 aromatic rings. The predicted octanol–water partition coefficient (Wildman–Crippen LogP) is 3.97. The fraction of sp³-hybridized carbons (Fsp3) is 0.500. The number of benzene rings is 1. The van der Waals surface area contributed by atoms with Gasteiger partial charge in [0.05, 0.1) is 10.7 Å². The summed E-state index contributed by atoms with van der Waals surface area (Å²) in [6.45, 7) is 13.3. The summed E-state index contributed by atoms with van der Waals surface area (Å²) >= 11 is 1.77. The third kappa shape index (κ3) is 4.47. The van der Waals surface area contributed by atoms with E-state index in [4.69, 9.17) is 4.98 Å². The van der Waals surface area contributed by atoms with Crippen molar-refractivity contribution in [3.63, 3.8) is 0 Å². The fourth-order valence-corrected chi connectivity index (χ4v) is 3.92. The Morgan fingerprint density at radius 2 is 1.76 bits per heavy atom. The van der Waals surface area contributed by atoms with E-state index in [9.17, 15) is 4.79 Å². The lowest BCUT2D eigenvalue weighted by atomic mass is 9.98. The standard InChI is InChI=1S/C20H27N3OS/c1-15(24)16-5-7-18(8-6-16)23-11-9-22(10-12-23)13-17-14-25-19(21-17)20(2,3)4/h5-8,14H,9-13H2,1-4H3. The first-order chi connectivity index (χ1) is 11.8. The van der Waals surface area contributed by atoms with Crippen molar-refractivity contribution in [1.82, 2.24) is 9.88 Å². The Hall–Kier alpha value is -1.72. The number of aromatic nitrogens is 1. The maximum absolute atomic E-state index is 11.4. The molecule has 25 heavy (non-hydrogen) atoms. The maximum atomic E-state index is 11.4. The lowest BCUT2D eigenvalue weighted by Gasteiger charge is -2.35. The summed E-state index contributed by atoms with van der Waals surface area (Å²) in [5.74, 6) is 0.120. The Balaban J connectivity index is 1.55. The highest BCUT2D eigenvalue weighted by Gasteiger charge is 2.21. The van der Waals surface area contributed by atoms with E-state index in [2.05, 4.69) is 48.1 Å². The molecule has 0 bridgehead atoms. The fourth-order valence-electron chi connectivity index (χ4n) is 3.02. The van der Waals surface area contributed by atoms with Gasteiger partial charge in [-0.05, 0) is 31.2 Å². The van der Waals surface area contributed by atoms with Crippen molar-refractivity contribution < 1.29 is 4.79 Å². The number of rotatable bonds is 4. The molecular weight excluding hydrogens is 330 g/mol. The van der Waals surface area contributed by atoms with E-state index >= 15 is 0 Å². The molecule has 3 rings (SSSR count). The van der Waals surface area contributed by atoms with E-state index < -0.39 is 0 Å². The molecule has 0 saturated carbocycles. The summed E-state index contributed by atoms with van der Waals surface area (Å²) in [6.07, 6.45) is 0. The molecule has 1 aromatic carbocycles. The Morgan fingerprint density at radius 3 is 2.28 bits per heavy atom. The highest BCUT2D eigenvalue weighted by Crippen LogP contribution is 2.26. The average Bonchev–Trinajstić information content (AvgIpc) is 3.04. The summed E-state index contributed by atoms with van der Waals surface area (Å²) in [5.41, 5.74) is 3.30. The van der Waals surface area contributed by atoms with E-state index in [0.29, 0.717) is 0 Å². The second-order valence-corrected chi connectivity index (χ2v) is 8.62. The number of hydrogen-bond acceptors (Lipinski definition) is 5. The molecule has 0 atom stereocenters. The summed E-state index contributed by atoms with van der Waals surface area (Å²) in [4.78, 5) is 21.1. The van der Waals surface area contributed by atoms with Gasteiger partial charge in [-0.25, -0.2) is 4.98 Å². The number of carbonyl (C=O) groups excluding carboxylic acids is 1. The number of Topliss-reactive ketones (excluding diaryl/α,β-unsaturated/α-hetero) is 1. The number of anilines is 1. The van der Waals surface area contributed by atoms with Gasteiger partial charge in [-0.3, -0.25) is 9.69 Å². The molecule has 1 aliphatic heterocycles. The Bertz CT molecular complexity index is 722. The highest BCUT2D eigenvalue weighted by atomic mass is 32.1. The third-order valence-corrected chi connectivity index (χ3v) is 5.91. The molecule has 134 valence electrons. The van der Waals surface area contributed by atoms with Crippen LogP contribution in [0.5, 0.6) is 0 Å². The molecule has 0 N–H and O–H groups in total. The molecule has 0 amide bonds. The second kappa shape index (κ2) is 7.26. The molecule has 1 fully saturated rings. The normalized spacial score (nSPS) is 16.2. The summed E-state index contributed by atoms with van der Waals surface area (Å²) < 4.78 is 0. The minimum absolute atomic E-state index is 0.120. The number of carbonyl (C=O) groups is 1. The van der Waals surface area contributed by atoms with Crippen LogP contribution in [0.15, 0.2) is 29.6 Å². The third-order valence-electron chi connectivity index (χ3n) is 4.59. The zero-order valence-corrected chi connectivity index (χ0v) is 16.4. The molecular formula is C20H27N3OS. The van der Waals surface area contributed by atoms with Gasteiger partial charge in [-0.2, -0.15) is 0 Å². The van der Waals surface area contributed by atoms with Crippen LogP contribution in [0.25, 0.3) is 0 Å². The average molecular weight is 358 g/mol. The maximum Gasteiger partial charge on any atom is 0.159 e. The molecule has 4 nitrogen and oxygen atoms in total. The van der Waals surface area contributed by atoms with Gasteiger partial charge in [0, 0.05) is 54.8 Å². The van der Waals surface area contributed by atoms with Crippen molar-refractivity contribution in [2.75, 3.05) is 31.1 Å².